The lowest BCUT2D eigenvalue weighted by atomic mass is 10.1. The lowest BCUT2D eigenvalue weighted by Crippen LogP contribution is -2.37. The highest BCUT2D eigenvalue weighted by Crippen LogP contribution is 2.26. The highest BCUT2D eigenvalue weighted by Gasteiger charge is 2.20. The van der Waals surface area contributed by atoms with Gasteiger partial charge in [-0.05, 0) is 36.8 Å². The molecule has 0 saturated carbocycles. The van der Waals surface area contributed by atoms with Crippen LogP contribution in [0.4, 0.5) is 11.4 Å². The lowest BCUT2D eigenvalue weighted by molar-refractivity contribution is -0.118. The van der Waals surface area contributed by atoms with Gasteiger partial charge in [0.05, 0.1) is 31.6 Å². The van der Waals surface area contributed by atoms with Gasteiger partial charge >= 0.3 is 5.97 Å². The number of morpholine rings is 1. The maximum atomic E-state index is 12.3. The van der Waals surface area contributed by atoms with Crippen molar-refractivity contribution in [2.75, 3.05) is 50.2 Å². The molecule has 0 bridgehead atoms. The summed E-state index contributed by atoms with van der Waals surface area (Å²) >= 11 is 0. The van der Waals surface area contributed by atoms with Crippen molar-refractivity contribution in [1.82, 2.24) is 0 Å². The molecule has 1 amide bonds. The first-order valence-corrected chi connectivity index (χ1v) is 9.12. The largest absolute Gasteiger partial charge is 0.483 e. The smallest absolute Gasteiger partial charge is 0.340 e. The van der Waals surface area contributed by atoms with Crippen LogP contribution in [-0.4, -0.2) is 51.9 Å². The van der Waals surface area contributed by atoms with Crippen LogP contribution in [0.5, 0.6) is 5.75 Å². The van der Waals surface area contributed by atoms with E-state index in [2.05, 4.69) is 10.2 Å². The van der Waals surface area contributed by atoms with E-state index in [-0.39, 0.29) is 12.5 Å². The molecule has 1 saturated heterocycles. The minimum Gasteiger partial charge on any atom is -0.483 e. The van der Waals surface area contributed by atoms with Crippen molar-refractivity contribution in [1.29, 1.82) is 0 Å². The zero-order valence-corrected chi connectivity index (χ0v) is 16.1. The number of nitrogens with zero attached hydrogens (tertiary/aromatic N) is 1. The number of ether oxygens (including phenoxy) is 3. The average molecular weight is 384 g/mol. The third-order valence-electron chi connectivity index (χ3n) is 4.49. The van der Waals surface area contributed by atoms with Crippen molar-refractivity contribution in [3.05, 3.63) is 53.6 Å². The van der Waals surface area contributed by atoms with Gasteiger partial charge in [0.15, 0.2) is 6.61 Å². The van der Waals surface area contributed by atoms with E-state index in [1.165, 1.54) is 7.11 Å². The molecule has 0 atom stereocenters. The number of para-hydroxylation sites is 1. The standard InChI is InChI=1S/C21H24N2O5/c1-15-5-3-4-6-19(15)28-14-20(24)22-16-7-8-18(17(13-16)21(25)26-2)23-9-11-27-12-10-23/h3-8,13H,9-12,14H2,1-2H3,(H,22,24). The number of carbonyl (C=O) groups excluding carboxylic acids is 2. The molecule has 1 aliphatic heterocycles. The number of nitrogens with one attached hydrogen (secondary N) is 1. The number of hydrogen-bond acceptors (Lipinski definition) is 6. The molecule has 1 aliphatic rings. The highest BCUT2D eigenvalue weighted by molar-refractivity contribution is 5.99. The monoisotopic (exact) mass is 384 g/mol. The van der Waals surface area contributed by atoms with Crippen LogP contribution in [0.1, 0.15) is 15.9 Å². The van der Waals surface area contributed by atoms with Crippen molar-refractivity contribution >= 4 is 23.3 Å². The fourth-order valence-corrected chi connectivity index (χ4v) is 3.03. The average Bonchev–Trinajstić information content (AvgIpc) is 2.73. The normalized spacial score (nSPS) is 13.7. The fourth-order valence-electron chi connectivity index (χ4n) is 3.03. The number of hydrogen-bond donors (Lipinski definition) is 1. The van der Waals surface area contributed by atoms with Gasteiger partial charge in [0, 0.05) is 18.8 Å². The summed E-state index contributed by atoms with van der Waals surface area (Å²) < 4.78 is 15.8. The second-order valence-corrected chi connectivity index (χ2v) is 6.43. The number of aryl methyl sites for hydroxylation is 1. The van der Waals surface area contributed by atoms with Crippen molar-refractivity contribution < 1.29 is 23.8 Å². The van der Waals surface area contributed by atoms with E-state index in [1.54, 1.807) is 12.1 Å². The zero-order valence-electron chi connectivity index (χ0n) is 16.1. The van der Waals surface area contributed by atoms with Crippen LogP contribution in [0.2, 0.25) is 0 Å². The molecule has 28 heavy (non-hydrogen) atoms. The van der Waals surface area contributed by atoms with Crippen LogP contribution < -0.4 is 15.0 Å². The molecule has 3 rings (SSSR count). The van der Waals surface area contributed by atoms with E-state index in [1.807, 2.05) is 37.3 Å². The second kappa shape index (κ2) is 9.23. The summed E-state index contributed by atoms with van der Waals surface area (Å²) in [5.41, 5.74) is 2.64. The van der Waals surface area contributed by atoms with Gasteiger partial charge in [0.2, 0.25) is 0 Å². The Balaban J connectivity index is 1.70. The van der Waals surface area contributed by atoms with Crippen LogP contribution >= 0.6 is 0 Å². The Labute approximate surface area is 164 Å². The van der Waals surface area contributed by atoms with Gasteiger partial charge in [-0.3, -0.25) is 4.79 Å². The molecule has 1 fully saturated rings. The molecule has 148 valence electrons. The molecule has 7 nitrogen and oxygen atoms in total. The minimum atomic E-state index is -0.450. The molecule has 0 aliphatic carbocycles. The maximum Gasteiger partial charge on any atom is 0.340 e. The molecule has 0 aromatic heterocycles. The summed E-state index contributed by atoms with van der Waals surface area (Å²) in [5, 5.41) is 2.77. The predicted molar refractivity (Wildman–Crippen MR) is 106 cm³/mol. The number of amides is 1. The summed E-state index contributed by atoms with van der Waals surface area (Å²) in [5.74, 6) is -0.0949. The third-order valence-corrected chi connectivity index (χ3v) is 4.49. The predicted octanol–water partition coefficient (Wildman–Crippen LogP) is 2.64. The van der Waals surface area contributed by atoms with Gasteiger partial charge in [0.25, 0.3) is 5.91 Å². The first kappa shape index (κ1) is 19.7. The van der Waals surface area contributed by atoms with Gasteiger partial charge in [-0.1, -0.05) is 18.2 Å². The van der Waals surface area contributed by atoms with Gasteiger partial charge in [-0.2, -0.15) is 0 Å². The number of carbonyl (C=O) groups is 2. The van der Waals surface area contributed by atoms with Crippen LogP contribution in [0.3, 0.4) is 0 Å². The molecule has 2 aromatic rings. The Hall–Kier alpha value is -3.06. The SMILES string of the molecule is COC(=O)c1cc(NC(=O)COc2ccccc2C)ccc1N1CCOCC1. The number of rotatable bonds is 6. The van der Waals surface area contributed by atoms with Crippen molar-refractivity contribution in [2.45, 2.75) is 6.92 Å². The second-order valence-electron chi connectivity index (χ2n) is 6.43. The van der Waals surface area contributed by atoms with Crippen molar-refractivity contribution in [3.8, 4) is 5.75 Å². The molecular weight excluding hydrogens is 360 g/mol. The Morgan fingerprint density at radius 2 is 1.89 bits per heavy atom. The Morgan fingerprint density at radius 1 is 1.14 bits per heavy atom. The van der Waals surface area contributed by atoms with E-state index in [0.717, 1.165) is 11.3 Å². The van der Waals surface area contributed by atoms with Crippen molar-refractivity contribution in [3.63, 3.8) is 0 Å². The Kier molecular flexibility index (Phi) is 6.49. The lowest BCUT2D eigenvalue weighted by Gasteiger charge is -2.30. The molecule has 0 radical (unpaired) electrons. The summed E-state index contributed by atoms with van der Waals surface area (Å²) in [4.78, 5) is 26.6. The van der Waals surface area contributed by atoms with Crippen LogP contribution in [0.15, 0.2) is 42.5 Å². The van der Waals surface area contributed by atoms with E-state index in [0.29, 0.717) is 43.3 Å². The summed E-state index contributed by atoms with van der Waals surface area (Å²) in [6.45, 7) is 4.40. The molecule has 0 unspecified atom stereocenters. The molecule has 0 spiro atoms. The van der Waals surface area contributed by atoms with E-state index in [4.69, 9.17) is 14.2 Å². The van der Waals surface area contributed by atoms with Gasteiger partial charge in [0.1, 0.15) is 5.75 Å². The third kappa shape index (κ3) is 4.80. The topological polar surface area (TPSA) is 77.1 Å². The van der Waals surface area contributed by atoms with E-state index >= 15 is 0 Å². The van der Waals surface area contributed by atoms with E-state index < -0.39 is 5.97 Å². The highest BCUT2D eigenvalue weighted by atomic mass is 16.5. The summed E-state index contributed by atoms with van der Waals surface area (Å²) in [6.07, 6.45) is 0. The van der Waals surface area contributed by atoms with Crippen LogP contribution in [0, 0.1) is 6.92 Å². The minimum absolute atomic E-state index is 0.121. The number of benzene rings is 2. The zero-order chi connectivity index (χ0) is 19.9. The molecule has 2 aromatic carbocycles. The van der Waals surface area contributed by atoms with E-state index in [9.17, 15) is 9.59 Å². The molecule has 1 heterocycles. The van der Waals surface area contributed by atoms with Crippen molar-refractivity contribution in [2.24, 2.45) is 0 Å². The quantitative estimate of drug-likeness (QED) is 0.772. The van der Waals surface area contributed by atoms with Crippen LogP contribution in [-0.2, 0) is 14.3 Å². The van der Waals surface area contributed by atoms with Gasteiger partial charge in [-0.15, -0.1) is 0 Å². The number of anilines is 2. The number of methoxy groups -OCH3 is 1. The molecule has 1 N–H and O–H groups in total. The number of esters is 1. The first-order chi connectivity index (χ1) is 13.6. The summed E-state index contributed by atoms with van der Waals surface area (Å²) in [7, 11) is 1.34. The van der Waals surface area contributed by atoms with Gasteiger partial charge in [-0.25, -0.2) is 4.79 Å². The van der Waals surface area contributed by atoms with Crippen LogP contribution in [0.25, 0.3) is 0 Å². The molecular formula is C21H24N2O5. The Morgan fingerprint density at radius 3 is 2.61 bits per heavy atom. The Bertz CT molecular complexity index is 846. The van der Waals surface area contributed by atoms with Gasteiger partial charge < -0.3 is 24.4 Å². The summed E-state index contributed by atoms with van der Waals surface area (Å²) in [6, 6.07) is 12.7. The first-order valence-electron chi connectivity index (χ1n) is 9.12. The maximum absolute atomic E-state index is 12.3. The fraction of sp³-hybridized carbons (Fsp3) is 0.333. The molecule has 7 heteroatoms.